The molecule has 24 heavy (non-hydrogen) atoms. The van der Waals surface area contributed by atoms with Crippen molar-refractivity contribution < 1.29 is 0 Å². The second-order valence-electron chi connectivity index (χ2n) is 5.99. The summed E-state index contributed by atoms with van der Waals surface area (Å²) in [5, 5.41) is 10.4. The van der Waals surface area contributed by atoms with E-state index in [2.05, 4.69) is 30.7 Å². The minimum absolute atomic E-state index is 0.390. The van der Waals surface area contributed by atoms with Crippen LogP contribution in [0.1, 0.15) is 30.1 Å². The van der Waals surface area contributed by atoms with Crippen molar-refractivity contribution in [2.45, 2.75) is 25.7 Å². The summed E-state index contributed by atoms with van der Waals surface area (Å²) in [7, 11) is 0. The van der Waals surface area contributed by atoms with E-state index in [-0.39, 0.29) is 0 Å². The monoisotopic (exact) mass is 407 g/mol. The van der Waals surface area contributed by atoms with Crippen LogP contribution >= 0.6 is 27.5 Å². The van der Waals surface area contributed by atoms with Crippen LogP contribution in [0.15, 0.2) is 22.8 Å². The number of hydrazine groups is 1. The number of rotatable bonds is 3. The van der Waals surface area contributed by atoms with Crippen LogP contribution in [0.4, 0.5) is 10.8 Å². The van der Waals surface area contributed by atoms with E-state index in [4.69, 9.17) is 10.8 Å². The molecule has 3 aromatic heterocycles. The molecule has 0 bridgehead atoms. The average molecular weight is 408 g/mol. The molecule has 7 nitrogen and oxygen atoms in total. The molecule has 4 rings (SSSR count). The summed E-state index contributed by atoms with van der Waals surface area (Å²) < 4.78 is 6.94. The molecule has 9 heteroatoms. The highest BCUT2D eigenvalue weighted by Crippen LogP contribution is 2.32. The number of aryl methyl sites for hydroxylation is 1. The van der Waals surface area contributed by atoms with Gasteiger partial charge in [0, 0.05) is 18.5 Å². The third-order valence-electron chi connectivity index (χ3n) is 4.24. The number of hydrogen-bond acceptors (Lipinski definition) is 7. The Hall–Kier alpha value is -1.55. The summed E-state index contributed by atoms with van der Waals surface area (Å²) in [6.07, 6.45) is 4.04. The molecule has 0 aromatic carbocycles. The first-order valence-corrected chi connectivity index (χ1v) is 9.43. The van der Waals surface area contributed by atoms with Gasteiger partial charge in [-0.15, -0.1) is 0 Å². The highest BCUT2D eigenvalue weighted by molar-refractivity contribution is 9.10. The number of piperidine rings is 1. The molecule has 0 saturated carbocycles. The number of aromatic nitrogens is 4. The summed E-state index contributed by atoms with van der Waals surface area (Å²) in [5.41, 5.74) is 2.78. The van der Waals surface area contributed by atoms with E-state index in [1.165, 1.54) is 11.5 Å². The maximum Gasteiger partial charge on any atom is 0.172 e. The molecule has 0 aliphatic carbocycles. The number of fused-ring (bicyclic) bond motifs is 1. The van der Waals surface area contributed by atoms with Gasteiger partial charge in [-0.25, -0.2) is 10.8 Å². The molecule has 3 aromatic rings. The first-order valence-electron chi connectivity index (χ1n) is 7.86. The lowest BCUT2D eigenvalue weighted by Crippen LogP contribution is -2.30. The summed E-state index contributed by atoms with van der Waals surface area (Å²) >= 11 is 4.91. The standard InChI is InChI=1S/C15H18BrN7S/c1-9-5-14(24-21-9)22(17)13-6-12(10-3-2-4-18-7-10)20-15-11(16)8-19-23(13)15/h5-6,8,10,18H,2-4,7,17H2,1H3. The van der Waals surface area contributed by atoms with Crippen LogP contribution in [0.3, 0.4) is 0 Å². The molecule has 1 aliphatic heterocycles. The Bertz CT molecular complexity index is 868. The lowest BCUT2D eigenvalue weighted by molar-refractivity contribution is 0.454. The molecule has 1 fully saturated rings. The second kappa shape index (κ2) is 6.40. The van der Waals surface area contributed by atoms with Crippen LogP contribution in [0.25, 0.3) is 5.65 Å². The highest BCUT2D eigenvalue weighted by Gasteiger charge is 2.22. The SMILES string of the molecule is Cc1cc(N(N)c2cc(C3CCCNC3)nc3c(Br)cnn23)sn1. The third kappa shape index (κ3) is 2.81. The summed E-state index contributed by atoms with van der Waals surface area (Å²) in [4.78, 5) is 4.82. The molecule has 126 valence electrons. The predicted molar refractivity (Wildman–Crippen MR) is 98.7 cm³/mol. The molecule has 4 heterocycles. The van der Waals surface area contributed by atoms with Crippen LogP contribution in [0, 0.1) is 6.92 Å². The fraction of sp³-hybridized carbons (Fsp3) is 0.400. The largest absolute Gasteiger partial charge is 0.316 e. The van der Waals surface area contributed by atoms with Gasteiger partial charge in [0.2, 0.25) is 0 Å². The molecule has 0 spiro atoms. The van der Waals surface area contributed by atoms with Crippen molar-refractivity contribution >= 4 is 43.9 Å². The van der Waals surface area contributed by atoms with Gasteiger partial charge < -0.3 is 5.32 Å². The normalized spacial score (nSPS) is 18.2. The molecule has 3 N–H and O–H groups in total. The molecular weight excluding hydrogens is 390 g/mol. The summed E-state index contributed by atoms with van der Waals surface area (Å²) in [5.74, 6) is 7.56. The Morgan fingerprint density at radius 2 is 2.33 bits per heavy atom. The van der Waals surface area contributed by atoms with Gasteiger partial charge in [0.15, 0.2) is 11.5 Å². The van der Waals surface area contributed by atoms with E-state index < -0.39 is 0 Å². The van der Waals surface area contributed by atoms with Crippen LogP contribution < -0.4 is 16.2 Å². The number of nitrogens with two attached hydrogens (primary N) is 1. The van der Waals surface area contributed by atoms with Gasteiger partial charge in [-0.1, -0.05) is 0 Å². The minimum atomic E-state index is 0.390. The molecule has 1 saturated heterocycles. The number of nitrogens with one attached hydrogen (secondary N) is 1. The average Bonchev–Trinajstić information content (AvgIpc) is 3.21. The Kier molecular flexibility index (Phi) is 4.25. The Labute approximate surface area is 152 Å². The maximum absolute atomic E-state index is 6.39. The smallest absolute Gasteiger partial charge is 0.172 e. The van der Waals surface area contributed by atoms with Crippen LogP contribution in [0.2, 0.25) is 0 Å². The van der Waals surface area contributed by atoms with Gasteiger partial charge in [0.1, 0.15) is 5.00 Å². The van der Waals surface area contributed by atoms with Gasteiger partial charge >= 0.3 is 0 Å². The predicted octanol–water partition coefficient (Wildman–Crippen LogP) is 2.74. The Balaban J connectivity index is 1.83. The lowest BCUT2D eigenvalue weighted by Gasteiger charge is -2.24. The van der Waals surface area contributed by atoms with Gasteiger partial charge in [0.25, 0.3) is 0 Å². The second-order valence-corrected chi connectivity index (χ2v) is 7.62. The number of hydrogen-bond donors (Lipinski definition) is 2. The topological polar surface area (TPSA) is 84.4 Å². The minimum Gasteiger partial charge on any atom is -0.316 e. The van der Waals surface area contributed by atoms with E-state index in [1.54, 1.807) is 15.7 Å². The lowest BCUT2D eigenvalue weighted by atomic mass is 9.96. The molecule has 1 aliphatic rings. The Morgan fingerprint density at radius 1 is 1.46 bits per heavy atom. The number of nitrogens with zero attached hydrogens (tertiary/aromatic N) is 5. The Morgan fingerprint density at radius 3 is 3.04 bits per heavy atom. The van der Waals surface area contributed by atoms with E-state index in [1.807, 2.05) is 19.1 Å². The fourth-order valence-electron chi connectivity index (χ4n) is 3.00. The maximum atomic E-state index is 6.39. The van der Waals surface area contributed by atoms with Crippen LogP contribution in [-0.2, 0) is 0 Å². The van der Waals surface area contributed by atoms with Gasteiger partial charge in [-0.2, -0.15) is 14.0 Å². The van der Waals surface area contributed by atoms with E-state index in [0.29, 0.717) is 5.92 Å². The highest BCUT2D eigenvalue weighted by atomic mass is 79.9. The first kappa shape index (κ1) is 15.9. The summed E-state index contributed by atoms with van der Waals surface area (Å²) in [6, 6.07) is 4.01. The first-order chi connectivity index (χ1) is 11.6. The zero-order valence-corrected chi connectivity index (χ0v) is 15.6. The van der Waals surface area contributed by atoms with Crippen LogP contribution in [0.5, 0.6) is 0 Å². The van der Waals surface area contributed by atoms with Crippen molar-refractivity contribution in [2.24, 2.45) is 5.84 Å². The van der Waals surface area contributed by atoms with Crippen LogP contribution in [-0.4, -0.2) is 32.1 Å². The molecule has 0 amide bonds. The number of halogens is 1. The van der Waals surface area contributed by atoms with E-state index in [0.717, 1.165) is 58.3 Å². The van der Waals surface area contributed by atoms with Crippen molar-refractivity contribution in [1.29, 1.82) is 0 Å². The zero-order chi connectivity index (χ0) is 16.7. The molecule has 1 atom stereocenters. The fourth-order valence-corrected chi connectivity index (χ4v) is 4.04. The third-order valence-corrected chi connectivity index (χ3v) is 5.68. The van der Waals surface area contributed by atoms with Gasteiger partial charge in [-0.05, 0) is 59.8 Å². The van der Waals surface area contributed by atoms with E-state index >= 15 is 0 Å². The zero-order valence-electron chi connectivity index (χ0n) is 13.2. The van der Waals surface area contributed by atoms with Crippen molar-refractivity contribution in [3.63, 3.8) is 0 Å². The van der Waals surface area contributed by atoms with Crippen molar-refractivity contribution in [3.8, 4) is 0 Å². The molecule has 1 unspecified atom stereocenters. The van der Waals surface area contributed by atoms with E-state index in [9.17, 15) is 0 Å². The van der Waals surface area contributed by atoms with Crippen molar-refractivity contribution in [1.82, 2.24) is 24.3 Å². The summed E-state index contributed by atoms with van der Waals surface area (Å²) in [6.45, 7) is 3.98. The van der Waals surface area contributed by atoms with Gasteiger partial charge in [0.05, 0.1) is 22.1 Å². The van der Waals surface area contributed by atoms with Crippen molar-refractivity contribution in [3.05, 3.63) is 34.2 Å². The van der Waals surface area contributed by atoms with Gasteiger partial charge in [-0.3, -0.25) is 5.01 Å². The molecule has 0 radical (unpaired) electrons. The quantitative estimate of drug-likeness (QED) is 0.512. The van der Waals surface area contributed by atoms with Crippen molar-refractivity contribution in [2.75, 3.05) is 18.1 Å². The number of anilines is 2. The molecular formula is C15H18BrN7S.